The summed E-state index contributed by atoms with van der Waals surface area (Å²) in [6, 6.07) is 13.9. The van der Waals surface area contributed by atoms with Crippen molar-refractivity contribution in [2.45, 2.75) is 13.8 Å². The van der Waals surface area contributed by atoms with Gasteiger partial charge in [-0.05, 0) is 36.6 Å². The molecule has 0 unspecified atom stereocenters. The summed E-state index contributed by atoms with van der Waals surface area (Å²) in [7, 11) is 3.84. The van der Waals surface area contributed by atoms with E-state index in [1.807, 2.05) is 75.3 Å². The molecular weight excluding hydrogens is 352 g/mol. The van der Waals surface area contributed by atoms with E-state index >= 15 is 0 Å². The normalized spacial score (nSPS) is 10.9. The van der Waals surface area contributed by atoms with Crippen molar-refractivity contribution in [3.05, 3.63) is 101 Å². The number of rotatable bonds is 6. The Hall–Kier alpha value is -2.80. The van der Waals surface area contributed by atoms with Crippen LogP contribution in [0, 0.1) is 6.92 Å². The van der Waals surface area contributed by atoms with E-state index in [0.717, 1.165) is 39.1 Å². The molecule has 0 N–H and O–H groups in total. The van der Waals surface area contributed by atoms with Gasteiger partial charge in [0.25, 0.3) is 0 Å². The number of halogens is 1. The highest BCUT2D eigenvalue weighted by Crippen LogP contribution is 2.35. The van der Waals surface area contributed by atoms with Gasteiger partial charge in [0.2, 0.25) is 0 Å². The van der Waals surface area contributed by atoms with Crippen LogP contribution in [0.5, 0.6) is 0 Å². The highest BCUT2D eigenvalue weighted by Gasteiger charge is 2.15. The summed E-state index contributed by atoms with van der Waals surface area (Å²) in [4.78, 5) is 6.49. The third-order valence-corrected chi connectivity index (χ3v) is 4.64. The van der Waals surface area contributed by atoms with Gasteiger partial charge < -0.3 is 4.90 Å². The zero-order valence-electron chi connectivity index (χ0n) is 16.4. The van der Waals surface area contributed by atoms with Crippen molar-refractivity contribution in [3.8, 4) is 0 Å². The fourth-order valence-corrected chi connectivity index (χ4v) is 3.08. The van der Waals surface area contributed by atoms with Gasteiger partial charge in [0, 0.05) is 41.5 Å². The van der Waals surface area contributed by atoms with Gasteiger partial charge in [0.15, 0.2) is 0 Å². The first-order valence-electron chi connectivity index (χ1n) is 8.63. The van der Waals surface area contributed by atoms with Crippen LogP contribution < -0.4 is 0 Å². The van der Waals surface area contributed by atoms with E-state index in [1.54, 1.807) is 0 Å². The Morgan fingerprint density at radius 1 is 1.04 bits per heavy atom. The van der Waals surface area contributed by atoms with Gasteiger partial charge in [-0.25, -0.2) is 4.99 Å². The molecule has 0 aliphatic rings. The fraction of sp³-hybridized carbons (Fsp3) is 0.167. The van der Waals surface area contributed by atoms with Crippen LogP contribution >= 0.6 is 11.6 Å². The van der Waals surface area contributed by atoms with Crippen molar-refractivity contribution >= 4 is 28.5 Å². The first-order chi connectivity index (χ1) is 12.8. The summed E-state index contributed by atoms with van der Waals surface area (Å²) in [5, 5.41) is 0.664. The van der Waals surface area contributed by atoms with E-state index in [4.69, 9.17) is 11.6 Å². The van der Waals surface area contributed by atoms with Crippen LogP contribution in [-0.4, -0.2) is 24.7 Å². The number of aryl methyl sites for hydroxylation is 1. The minimum Gasteiger partial charge on any atom is -0.363 e. The maximum Gasteiger partial charge on any atom is 0.121 e. The molecule has 0 saturated heterocycles. The SMILES string of the molecule is C=C=C(C(=C)c1ccc(C)cc1Cl)c1ccccc1C(C)=NC(=C)N(C)C. The minimum absolute atomic E-state index is 0.664. The Morgan fingerprint density at radius 3 is 2.22 bits per heavy atom. The van der Waals surface area contributed by atoms with E-state index in [-0.39, 0.29) is 0 Å². The fourth-order valence-electron chi connectivity index (χ4n) is 2.73. The molecule has 0 bridgehead atoms. The molecule has 2 aromatic carbocycles. The monoisotopic (exact) mass is 376 g/mol. The summed E-state index contributed by atoms with van der Waals surface area (Å²) in [5.41, 5.74) is 9.41. The Bertz CT molecular complexity index is 974. The molecule has 0 atom stereocenters. The Balaban J connectivity index is 2.55. The summed E-state index contributed by atoms with van der Waals surface area (Å²) < 4.78 is 0. The Morgan fingerprint density at radius 2 is 1.67 bits per heavy atom. The predicted octanol–water partition coefficient (Wildman–Crippen LogP) is 6.37. The van der Waals surface area contributed by atoms with Gasteiger partial charge in [-0.1, -0.05) is 67.7 Å². The van der Waals surface area contributed by atoms with E-state index in [9.17, 15) is 0 Å². The first kappa shape index (κ1) is 20.5. The lowest BCUT2D eigenvalue weighted by Crippen LogP contribution is -2.10. The van der Waals surface area contributed by atoms with E-state index in [1.165, 1.54) is 0 Å². The van der Waals surface area contributed by atoms with Crippen LogP contribution in [-0.2, 0) is 0 Å². The quantitative estimate of drug-likeness (QED) is 0.325. The lowest BCUT2D eigenvalue weighted by molar-refractivity contribution is 0.509. The highest BCUT2D eigenvalue weighted by atomic mass is 35.5. The third kappa shape index (κ3) is 4.68. The second-order valence-electron chi connectivity index (χ2n) is 6.57. The first-order valence-corrected chi connectivity index (χ1v) is 9.01. The average molecular weight is 377 g/mol. The summed E-state index contributed by atoms with van der Waals surface area (Å²) in [6.07, 6.45) is 0. The average Bonchev–Trinajstić information content (AvgIpc) is 2.62. The van der Waals surface area contributed by atoms with Gasteiger partial charge in [-0.15, -0.1) is 5.73 Å². The largest absolute Gasteiger partial charge is 0.363 e. The topological polar surface area (TPSA) is 15.6 Å². The number of benzene rings is 2. The third-order valence-electron chi connectivity index (χ3n) is 4.33. The number of aliphatic imine (C=N–C) groups is 1. The van der Waals surface area contributed by atoms with Gasteiger partial charge in [0.1, 0.15) is 5.82 Å². The molecule has 0 saturated carbocycles. The van der Waals surface area contributed by atoms with Crippen molar-refractivity contribution < 1.29 is 0 Å². The van der Waals surface area contributed by atoms with Crippen LogP contribution in [0.2, 0.25) is 5.02 Å². The van der Waals surface area contributed by atoms with Gasteiger partial charge in [0.05, 0.1) is 0 Å². The van der Waals surface area contributed by atoms with Crippen molar-refractivity contribution in [3.63, 3.8) is 0 Å². The number of allylic oxidation sites excluding steroid dienone is 2. The van der Waals surface area contributed by atoms with Gasteiger partial charge >= 0.3 is 0 Å². The predicted molar refractivity (Wildman–Crippen MR) is 119 cm³/mol. The molecule has 2 aromatic rings. The van der Waals surface area contributed by atoms with Crippen LogP contribution in [0.3, 0.4) is 0 Å². The molecule has 0 aliphatic heterocycles. The summed E-state index contributed by atoms with van der Waals surface area (Å²) in [6.45, 7) is 16.1. The van der Waals surface area contributed by atoms with Gasteiger partial charge in [-0.2, -0.15) is 0 Å². The minimum atomic E-state index is 0.664. The molecule has 27 heavy (non-hydrogen) atoms. The van der Waals surface area contributed by atoms with E-state index < -0.39 is 0 Å². The van der Waals surface area contributed by atoms with Crippen LogP contribution in [0.15, 0.2) is 78.7 Å². The molecule has 2 rings (SSSR count). The number of hydrogen-bond acceptors (Lipinski definition) is 2. The van der Waals surface area contributed by atoms with E-state index in [2.05, 4.69) is 30.5 Å². The molecular formula is C24H25ClN2. The molecule has 3 heteroatoms. The Kier molecular flexibility index (Phi) is 6.63. The molecule has 0 aliphatic carbocycles. The number of nitrogens with zero attached hydrogens (tertiary/aromatic N) is 2. The zero-order valence-corrected chi connectivity index (χ0v) is 17.2. The summed E-state index contributed by atoms with van der Waals surface area (Å²) >= 11 is 6.46. The van der Waals surface area contributed by atoms with E-state index in [0.29, 0.717) is 10.8 Å². The standard InChI is InChI=1S/C24H25ClN2/c1-8-20(17(3)21-14-13-16(2)15-24(21)25)23-12-10-9-11-22(23)18(4)26-19(5)27(6)7/h9-15H,1,3,5H2,2,4,6-7H3. The molecule has 0 spiro atoms. The zero-order chi connectivity index (χ0) is 20.1. The lowest BCUT2D eigenvalue weighted by atomic mass is 9.89. The molecule has 0 heterocycles. The van der Waals surface area contributed by atoms with Crippen LogP contribution in [0.1, 0.15) is 29.2 Å². The molecule has 138 valence electrons. The smallest absolute Gasteiger partial charge is 0.121 e. The van der Waals surface area contributed by atoms with Crippen molar-refractivity contribution in [1.29, 1.82) is 0 Å². The van der Waals surface area contributed by atoms with Crippen molar-refractivity contribution in [2.24, 2.45) is 4.99 Å². The van der Waals surface area contributed by atoms with Crippen molar-refractivity contribution in [1.82, 2.24) is 4.90 Å². The molecule has 0 amide bonds. The lowest BCUT2D eigenvalue weighted by Gasteiger charge is -2.17. The molecule has 0 aromatic heterocycles. The molecule has 0 fully saturated rings. The van der Waals surface area contributed by atoms with Crippen LogP contribution in [0.25, 0.3) is 11.1 Å². The highest BCUT2D eigenvalue weighted by molar-refractivity contribution is 6.33. The Labute approximate surface area is 167 Å². The second-order valence-corrected chi connectivity index (χ2v) is 6.97. The second kappa shape index (κ2) is 8.73. The summed E-state index contributed by atoms with van der Waals surface area (Å²) in [5.74, 6) is 0.687. The molecule has 2 nitrogen and oxygen atoms in total. The maximum absolute atomic E-state index is 6.46. The molecule has 0 radical (unpaired) electrons. The maximum atomic E-state index is 6.46. The number of hydrogen-bond donors (Lipinski definition) is 0. The van der Waals surface area contributed by atoms with Crippen LogP contribution in [0.4, 0.5) is 0 Å². The van der Waals surface area contributed by atoms with Gasteiger partial charge in [-0.3, -0.25) is 0 Å². The van der Waals surface area contributed by atoms with Crippen molar-refractivity contribution in [2.75, 3.05) is 14.1 Å².